The van der Waals surface area contributed by atoms with Crippen LogP contribution in [0.15, 0.2) is 10.7 Å². The van der Waals surface area contributed by atoms with Gasteiger partial charge in [-0.05, 0) is 50.0 Å². The third-order valence-corrected chi connectivity index (χ3v) is 5.65. The standard InChI is InChI=1S/C17H25BrF2N4O2/c1-11-13(18)7-21-24(11)12-8-23(9-12)14-5-6-22(10-17(14,19)20)15(25)26-16(2,3)4/h7,12,14H,5-6,8-10H2,1-4H3. The lowest BCUT2D eigenvalue weighted by Crippen LogP contribution is -2.64. The van der Waals surface area contributed by atoms with E-state index in [1.807, 2.05) is 11.6 Å². The third-order valence-electron chi connectivity index (χ3n) is 4.88. The number of hydrogen-bond acceptors (Lipinski definition) is 4. The van der Waals surface area contributed by atoms with Gasteiger partial charge in [-0.2, -0.15) is 5.10 Å². The average Bonchev–Trinajstić information content (AvgIpc) is 2.77. The van der Waals surface area contributed by atoms with Crippen molar-refractivity contribution in [1.29, 1.82) is 0 Å². The number of carbonyl (C=O) groups is 1. The van der Waals surface area contributed by atoms with E-state index in [0.717, 1.165) is 15.1 Å². The van der Waals surface area contributed by atoms with Crippen LogP contribution in [0.25, 0.3) is 0 Å². The molecule has 1 aromatic heterocycles. The number of carbonyl (C=O) groups excluding carboxylic acids is 1. The highest BCUT2D eigenvalue weighted by Crippen LogP contribution is 2.37. The second-order valence-corrected chi connectivity index (χ2v) is 8.95. The van der Waals surface area contributed by atoms with Gasteiger partial charge < -0.3 is 9.64 Å². The van der Waals surface area contributed by atoms with E-state index in [1.165, 1.54) is 0 Å². The minimum absolute atomic E-state index is 0.112. The molecule has 9 heteroatoms. The zero-order valence-corrected chi connectivity index (χ0v) is 17.1. The topological polar surface area (TPSA) is 50.6 Å². The molecule has 2 saturated heterocycles. The van der Waals surface area contributed by atoms with Gasteiger partial charge in [0, 0.05) is 25.3 Å². The van der Waals surface area contributed by atoms with Crippen LogP contribution in [0.4, 0.5) is 13.6 Å². The molecule has 2 aliphatic heterocycles. The Balaban J connectivity index is 1.58. The number of hydrogen-bond donors (Lipinski definition) is 0. The van der Waals surface area contributed by atoms with E-state index in [9.17, 15) is 13.6 Å². The van der Waals surface area contributed by atoms with Gasteiger partial charge in [-0.3, -0.25) is 9.58 Å². The van der Waals surface area contributed by atoms with Gasteiger partial charge in [-0.15, -0.1) is 0 Å². The van der Waals surface area contributed by atoms with Crippen molar-refractivity contribution >= 4 is 22.0 Å². The summed E-state index contributed by atoms with van der Waals surface area (Å²) < 4.78 is 37.4. The maximum Gasteiger partial charge on any atom is 0.410 e. The van der Waals surface area contributed by atoms with Crippen LogP contribution < -0.4 is 0 Å². The van der Waals surface area contributed by atoms with Crippen molar-refractivity contribution in [2.75, 3.05) is 26.2 Å². The number of halogens is 3. The summed E-state index contributed by atoms with van der Waals surface area (Å²) in [5, 5.41) is 4.31. The molecular weight excluding hydrogens is 410 g/mol. The number of alkyl halides is 2. The van der Waals surface area contributed by atoms with Crippen molar-refractivity contribution in [2.45, 2.75) is 57.7 Å². The first-order chi connectivity index (χ1) is 12.0. The smallest absolute Gasteiger partial charge is 0.410 e. The minimum atomic E-state index is -2.96. The van der Waals surface area contributed by atoms with Gasteiger partial charge in [0.25, 0.3) is 5.92 Å². The van der Waals surface area contributed by atoms with Crippen LogP contribution in [0.1, 0.15) is 38.9 Å². The first-order valence-electron chi connectivity index (χ1n) is 8.77. The molecule has 3 rings (SSSR count). The average molecular weight is 435 g/mol. The SMILES string of the molecule is Cc1c(Br)cnn1C1CN(C2CCN(C(=O)OC(C)(C)C)CC2(F)F)C1. The lowest BCUT2D eigenvalue weighted by Gasteiger charge is -2.50. The summed E-state index contributed by atoms with van der Waals surface area (Å²) in [4.78, 5) is 15.0. The van der Waals surface area contributed by atoms with Gasteiger partial charge in [-0.1, -0.05) is 0 Å². The number of piperidine rings is 1. The summed E-state index contributed by atoms with van der Waals surface area (Å²) in [6, 6.07) is -0.738. The van der Waals surface area contributed by atoms with Crippen LogP contribution in [0, 0.1) is 6.92 Å². The first-order valence-corrected chi connectivity index (χ1v) is 9.56. The molecule has 1 atom stereocenters. The molecule has 0 N–H and O–H groups in total. The predicted molar refractivity (Wildman–Crippen MR) is 96.4 cm³/mol. The van der Waals surface area contributed by atoms with E-state index in [0.29, 0.717) is 13.1 Å². The lowest BCUT2D eigenvalue weighted by molar-refractivity contribution is -0.146. The molecule has 1 unspecified atom stereocenters. The van der Waals surface area contributed by atoms with Crippen molar-refractivity contribution in [3.05, 3.63) is 16.4 Å². The highest BCUT2D eigenvalue weighted by molar-refractivity contribution is 9.10. The number of likely N-dealkylation sites (tertiary alicyclic amines) is 2. The van der Waals surface area contributed by atoms with E-state index in [-0.39, 0.29) is 19.0 Å². The summed E-state index contributed by atoms with van der Waals surface area (Å²) >= 11 is 3.42. The molecule has 0 spiro atoms. The molecule has 3 heterocycles. The lowest BCUT2D eigenvalue weighted by atomic mass is 9.94. The van der Waals surface area contributed by atoms with Crippen molar-refractivity contribution in [2.24, 2.45) is 0 Å². The maximum absolute atomic E-state index is 14.7. The van der Waals surface area contributed by atoms with Crippen LogP contribution in [0.3, 0.4) is 0 Å². The molecule has 6 nitrogen and oxygen atoms in total. The Labute approximate surface area is 160 Å². The number of ether oxygens (including phenoxy) is 1. The predicted octanol–water partition coefficient (Wildman–Crippen LogP) is 3.46. The summed E-state index contributed by atoms with van der Waals surface area (Å²) in [5.74, 6) is -2.96. The third kappa shape index (κ3) is 3.88. The molecule has 26 heavy (non-hydrogen) atoms. The van der Waals surface area contributed by atoms with Crippen molar-refractivity contribution in [3.63, 3.8) is 0 Å². The Morgan fingerprint density at radius 1 is 1.38 bits per heavy atom. The Morgan fingerprint density at radius 2 is 2.04 bits per heavy atom. The zero-order chi connectivity index (χ0) is 19.3. The molecule has 146 valence electrons. The molecule has 0 aliphatic carbocycles. The van der Waals surface area contributed by atoms with Crippen LogP contribution >= 0.6 is 15.9 Å². The summed E-state index contributed by atoms with van der Waals surface area (Å²) in [5.41, 5.74) is 0.310. The highest BCUT2D eigenvalue weighted by Gasteiger charge is 2.52. The highest BCUT2D eigenvalue weighted by atomic mass is 79.9. The summed E-state index contributed by atoms with van der Waals surface area (Å²) in [6.45, 7) is 7.91. The van der Waals surface area contributed by atoms with Crippen molar-refractivity contribution in [1.82, 2.24) is 19.6 Å². The van der Waals surface area contributed by atoms with E-state index >= 15 is 0 Å². The van der Waals surface area contributed by atoms with Crippen molar-refractivity contribution in [3.8, 4) is 0 Å². The Bertz CT molecular complexity index is 683. The van der Waals surface area contributed by atoms with E-state index in [2.05, 4.69) is 21.0 Å². The van der Waals surface area contributed by atoms with Gasteiger partial charge >= 0.3 is 6.09 Å². The van der Waals surface area contributed by atoms with Crippen LogP contribution in [0.2, 0.25) is 0 Å². The number of rotatable bonds is 2. The van der Waals surface area contributed by atoms with Crippen LogP contribution in [-0.4, -0.2) is 69.4 Å². The van der Waals surface area contributed by atoms with Gasteiger partial charge in [0.05, 0.1) is 29.3 Å². The molecule has 2 fully saturated rings. The monoisotopic (exact) mass is 434 g/mol. The molecule has 0 bridgehead atoms. The fraction of sp³-hybridized carbons (Fsp3) is 0.765. The molecule has 0 radical (unpaired) electrons. The quantitative estimate of drug-likeness (QED) is 0.714. The molecule has 0 aromatic carbocycles. The van der Waals surface area contributed by atoms with E-state index in [4.69, 9.17) is 4.74 Å². The van der Waals surface area contributed by atoms with Gasteiger partial charge in [0.15, 0.2) is 0 Å². The molecule has 0 saturated carbocycles. The fourth-order valence-corrected chi connectivity index (χ4v) is 3.80. The molecule has 1 amide bonds. The Morgan fingerprint density at radius 3 is 2.54 bits per heavy atom. The number of amides is 1. The van der Waals surface area contributed by atoms with E-state index in [1.54, 1.807) is 31.9 Å². The van der Waals surface area contributed by atoms with Crippen LogP contribution in [-0.2, 0) is 4.74 Å². The number of aromatic nitrogens is 2. The Hall–Kier alpha value is -1.22. The normalized spacial score (nSPS) is 24.4. The zero-order valence-electron chi connectivity index (χ0n) is 15.5. The van der Waals surface area contributed by atoms with Crippen molar-refractivity contribution < 1.29 is 18.3 Å². The second kappa shape index (κ2) is 6.74. The minimum Gasteiger partial charge on any atom is -0.444 e. The maximum atomic E-state index is 14.7. The van der Waals surface area contributed by atoms with Gasteiger partial charge in [-0.25, -0.2) is 13.6 Å². The van der Waals surface area contributed by atoms with Crippen LogP contribution in [0.5, 0.6) is 0 Å². The molecular formula is C17H25BrF2N4O2. The summed E-state index contributed by atoms with van der Waals surface area (Å²) in [7, 11) is 0. The summed E-state index contributed by atoms with van der Waals surface area (Å²) in [6.07, 6.45) is 1.29. The second-order valence-electron chi connectivity index (χ2n) is 8.10. The number of nitrogens with zero attached hydrogens (tertiary/aromatic N) is 4. The van der Waals surface area contributed by atoms with E-state index < -0.39 is 30.2 Å². The largest absolute Gasteiger partial charge is 0.444 e. The van der Waals surface area contributed by atoms with Gasteiger partial charge in [0.1, 0.15) is 5.60 Å². The Kier molecular flexibility index (Phi) is 5.07. The van der Waals surface area contributed by atoms with Gasteiger partial charge in [0.2, 0.25) is 0 Å². The molecule has 2 aliphatic rings. The molecule has 1 aromatic rings. The first kappa shape index (κ1) is 19.5. The fourth-order valence-electron chi connectivity index (χ4n) is 3.53.